The van der Waals surface area contributed by atoms with Crippen LogP contribution in [0.3, 0.4) is 0 Å². The number of rotatable bonds is 5. The van der Waals surface area contributed by atoms with Gasteiger partial charge in [-0.1, -0.05) is 52.0 Å². The summed E-state index contributed by atoms with van der Waals surface area (Å²) in [7, 11) is 0. The third-order valence-corrected chi connectivity index (χ3v) is 3.26. The van der Waals surface area contributed by atoms with Crippen LogP contribution >= 0.6 is 0 Å². The first-order valence-corrected chi connectivity index (χ1v) is 6.31. The van der Waals surface area contributed by atoms with Crippen molar-refractivity contribution in [1.82, 2.24) is 0 Å². The van der Waals surface area contributed by atoms with Crippen LogP contribution in [0.25, 0.3) is 0 Å². The molecule has 0 amide bonds. The number of carbonyl (C=O) groups excluding carboxylic acids is 1. The highest BCUT2D eigenvalue weighted by molar-refractivity contribution is 5.98. The molecule has 1 aromatic carbocycles. The van der Waals surface area contributed by atoms with Crippen molar-refractivity contribution in [2.24, 2.45) is 17.6 Å². The summed E-state index contributed by atoms with van der Waals surface area (Å²) in [6.07, 6.45) is 0. The van der Waals surface area contributed by atoms with Gasteiger partial charge in [-0.3, -0.25) is 4.79 Å². The second-order valence-corrected chi connectivity index (χ2v) is 5.23. The quantitative estimate of drug-likeness (QED) is 0.793. The van der Waals surface area contributed by atoms with Crippen LogP contribution in [0.4, 0.5) is 0 Å². The van der Waals surface area contributed by atoms with Crippen LogP contribution in [-0.2, 0) is 0 Å². The number of Topliss-reactive ketones (excluding diaryl/α,β-unsaturated/α-hetero) is 1. The summed E-state index contributed by atoms with van der Waals surface area (Å²) >= 11 is 0. The molecule has 1 rings (SSSR count). The number of carbonyl (C=O) groups is 1. The van der Waals surface area contributed by atoms with Crippen molar-refractivity contribution >= 4 is 5.78 Å². The van der Waals surface area contributed by atoms with Gasteiger partial charge in [-0.25, -0.2) is 0 Å². The molecule has 2 heteroatoms. The van der Waals surface area contributed by atoms with E-state index in [1.807, 2.05) is 38.1 Å². The van der Waals surface area contributed by atoms with Gasteiger partial charge in [0.15, 0.2) is 5.78 Å². The molecular formula is C15H23NO. The summed E-state index contributed by atoms with van der Waals surface area (Å²) in [6.45, 7) is 8.79. The first kappa shape index (κ1) is 13.9. The maximum Gasteiger partial charge on any atom is 0.167 e. The molecule has 2 nitrogen and oxygen atoms in total. The summed E-state index contributed by atoms with van der Waals surface area (Å²) in [5, 5.41) is 0. The Kier molecular flexibility index (Phi) is 4.88. The van der Waals surface area contributed by atoms with Crippen molar-refractivity contribution in [1.29, 1.82) is 0 Å². The van der Waals surface area contributed by atoms with Gasteiger partial charge in [0.2, 0.25) is 0 Å². The highest BCUT2D eigenvalue weighted by atomic mass is 16.1. The van der Waals surface area contributed by atoms with Crippen LogP contribution in [0, 0.1) is 11.8 Å². The van der Waals surface area contributed by atoms with Crippen molar-refractivity contribution < 1.29 is 4.79 Å². The van der Waals surface area contributed by atoms with E-state index in [2.05, 4.69) is 13.8 Å². The lowest BCUT2D eigenvalue weighted by molar-refractivity contribution is 0.0892. The molecule has 0 aliphatic rings. The van der Waals surface area contributed by atoms with Gasteiger partial charge in [-0.15, -0.1) is 0 Å². The zero-order valence-electron chi connectivity index (χ0n) is 11.2. The average Bonchev–Trinajstić information content (AvgIpc) is 2.29. The van der Waals surface area contributed by atoms with Crippen molar-refractivity contribution in [2.75, 3.05) is 6.54 Å². The second-order valence-electron chi connectivity index (χ2n) is 5.23. The lowest BCUT2D eigenvalue weighted by Gasteiger charge is -2.17. The van der Waals surface area contributed by atoms with Crippen LogP contribution in [-0.4, -0.2) is 12.3 Å². The van der Waals surface area contributed by atoms with E-state index in [0.717, 1.165) is 5.56 Å². The SMILES string of the molecule is CC(C)c1ccc(C(=O)C(CN)C(C)C)cc1. The Morgan fingerprint density at radius 1 is 1.12 bits per heavy atom. The van der Waals surface area contributed by atoms with Crippen molar-refractivity contribution in [3.05, 3.63) is 35.4 Å². The standard InChI is InChI=1S/C15H23NO/c1-10(2)12-5-7-13(8-6-12)15(17)14(9-16)11(3)4/h5-8,10-11,14H,9,16H2,1-4H3. The fraction of sp³-hybridized carbons (Fsp3) is 0.533. The molecule has 0 bridgehead atoms. The van der Waals surface area contributed by atoms with Crippen LogP contribution < -0.4 is 5.73 Å². The van der Waals surface area contributed by atoms with E-state index in [1.54, 1.807) is 0 Å². The number of hydrogen-bond donors (Lipinski definition) is 1. The molecule has 0 radical (unpaired) electrons. The molecule has 94 valence electrons. The van der Waals surface area contributed by atoms with Gasteiger partial charge in [0, 0.05) is 18.0 Å². The van der Waals surface area contributed by atoms with Crippen molar-refractivity contribution in [2.45, 2.75) is 33.6 Å². The van der Waals surface area contributed by atoms with E-state index in [1.165, 1.54) is 5.56 Å². The minimum Gasteiger partial charge on any atom is -0.330 e. The zero-order valence-corrected chi connectivity index (χ0v) is 11.2. The summed E-state index contributed by atoms with van der Waals surface area (Å²) in [5.41, 5.74) is 7.71. The summed E-state index contributed by atoms with van der Waals surface area (Å²) < 4.78 is 0. The van der Waals surface area contributed by atoms with Gasteiger partial charge in [-0.2, -0.15) is 0 Å². The first-order chi connectivity index (χ1) is 7.97. The Labute approximate surface area is 104 Å². The smallest absolute Gasteiger partial charge is 0.167 e. The lowest BCUT2D eigenvalue weighted by Crippen LogP contribution is -2.28. The molecule has 0 heterocycles. The third-order valence-electron chi connectivity index (χ3n) is 3.26. The number of benzene rings is 1. The number of ketones is 1. The van der Waals surface area contributed by atoms with Gasteiger partial charge in [-0.05, 0) is 17.4 Å². The second kappa shape index (κ2) is 5.97. The molecule has 0 saturated carbocycles. The molecule has 17 heavy (non-hydrogen) atoms. The van der Waals surface area contributed by atoms with E-state index in [9.17, 15) is 4.79 Å². The normalized spacial score (nSPS) is 13.1. The molecule has 0 aliphatic carbocycles. The predicted molar refractivity (Wildman–Crippen MR) is 72.2 cm³/mol. The van der Waals surface area contributed by atoms with Crippen LogP contribution in [0.2, 0.25) is 0 Å². The Morgan fingerprint density at radius 2 is 1.65 bits per heavy atom. The minimum atomic E-state index is -0.0695. The zero-order chi connectivity index (χ0) is 13.0. The molecule has 0 aliphatic heterocycles. The van der Waals surface area contributed by atoms with Gasteiger partial charge in [0.05, 0.1) is 0 Å². The Morgan fingerprint density at radius 3 is 2.00 bits per heavy atom. The molecule has 0 aromatic heterocycles. The molecule has 1 atom stereocenters. The molecule has 2 N–H and O–H groups in total. The van der Waals surface area contributed by atoms with Gasteiger partial charge >= 0.3 is 0 Å². The number of nitrogens with two attached hydrogens (primary N) is 1. The van der Waals surface area contributed by atoms with E-state index >= 15 is 0 Å². The number of hydrogen-bond acceptors (Lipinski definition) is 2. The fourth-order valence-electron chi connectivity index (χ4n) is 1.93. The largest absolute Gasteiger partial charge is 0.330 e. The Hall–Kier alpha value is -1.15. The molecule has 0 saturated heterocycles. The minimum absolute atomic E-state index is 0.0695. The molecule has 0 fully saturated rings. The maximum absolute atomic E-state index is 12.2. The molecule has 1 unspecified atom stereocenters. The average molecular weight is 233 g/mol. The molecule has 0 spiro atoms. The van der Waals surface area contributed by atoms with E-state index in [0.29, 0.717) is 12.5 Å². The van der Waals surface area contributed by atoms with Crippen LogP contribution in [0.15, 0.2) is 24.3 Å². The van der Waals surface area contributed by atoms with Gasteiger partial charge in [0.1, 0.15) is 0 Å². The molecule has 1 aromatic rings. The first-order valence-electron chi connectivity index (χ1n) is 6.31. The summed E-state index contributed by atoms with van der Waals surface area (Å²) in [5.74, 6) is 0.879. The monoisotopic (exact) mass is 233 g/mol. The molecular weight excluding hydrogens is 210 g/mol. The van der Waals surface area contributed by atoms with Crippen molar-refractivity contribution in [3.8, 4) is 0 Å². The summed E-state index contributed by atoms with van der Waals surface area (Å²) in [4.78, 5) is 12.2. The van der Waals surface area contributed by atoms with Crippen LogP contribution in [0.1, 0.15) is 49.5 Å². The van der Waals surface area contributed by atoms with Crippen LogP contribution in [0.5, 0.6) is 0 Å². The lowest BCUT2D eigenvalue weighted by atomic mass is 9.87. The Bertz CT molecular complexity index is 365. The summed E-state index contributed by atoms with van der Waals surface area (Å²) in [6, 6.07) is 7.91. The Balaban J connectivity index is 2.89. The fourth-order valence-corrected chi connectivity index (χ4v) is 1.93. The predicted octanol–water partition coefficient (Wildman–Crippen LogP) is 3.22. The van der Waals surface area contributed by atoms with E-state index in [4.69, 9.17) is 5.73 Å². The maximum atomic E-state index is 12.2. The topological polar surface area (TPSA) is 43.1 Å². The highest BCUT2D eigenvalue weighted by Crippen LogP contribution is 2.19. The third kappa shape index (κ3) is 3.40. The highest BCUT2D eigenvalue weighted by Gasteiger charge is 2.21. The van der Waals surface area contributed by atoms with E-state index < -0.39 is 0 Å². The van der Waals surface area contributed by atoms with Crippen molar-refractivity contribution in [3.63, 3.8) is 0 Å². The van der Waals surface area contributed by atoms with Gasteiger partial charge < -0.3 is 5.73 Å². The van der Waals surface area contributed by atoms with E-state index in [-0.39, 0.29) is 17.6 Å². The van der Waals surface area contributed by atoms with Gasteiger partial charge in [0.25, 0.3) is 0 Å².